The predicted molar refractivity (Wildman–Crippen MR) is 77.9 cm³/mol. The summed E-state index contributed by atoms with van der Waals surface area (Å²) in [5, 5.41) is 3.30. The Bertz CT molecular complexity index is 403. The lowest BCUT2D eigenvalue weighted by atomic mass is 10.2. The molecule has 1 rings (SSSR count). The topological polar surface area (TPSA) is 57.8 Å². The van der Waals surface area contributed by atoms with E-state index in [2.05, 4.69) is 36.1 Å². The highest BCUT2D eigenvalue weighted by molar-refractivity contribution is 7.98. The van der Waals surface area contributed by atoms with Crippen LogP contribution in [0.1, 0.15) is 38.7 Å². The van der Waals surface area contributed by atoms with Crippen molar-refractivity contribution in [3.8, 4) is 0 Å². The summed E-state index contributed by atoms with van der Waals surface area (Å²) in [5.41, 5.74) is 0.768. The molecular weight excluding hydrogens is 246 g/mol. The molecule has 1 aromatic heterocycles. The van der Waals surface area contributed by atoms with Crippen LogP contribution in [0.3, 0.4) is 0 Å². The number of nitrogens with one attached hydrogen (secondary N) is 2. The van der Waals surface area contributed by atoms with Gasteiger partial charge in [0.05, 0.1) is 11.4 Å². The number of aromatic nitrogens is 2. The van der Waals surface area contributed by atoms with E-state index in [9.17, 15) is 4.79 Å². The van der Waals surface area contributed by atoms with E-state index >= 15 is 0 Å². The lowest BCUT2D eigenvalue weighted by molar-refractivity contribution is 0.547. The molecule has 0 spiro atoms. The Hall–Kier alpha value is -0.810. The van der Waals surface area contributed by atoms with Crippen LogP contribution in [0.4, 0.5) is 0 Å². The van der Waals surface area contributed by atoms with Crippen molar-refractivity contribution in [2.24, 2.45) is 5.92 Å². The second-order valence-corrected chi connectivity index (χ2v) is 5.87. The molecule has 0 saturated carbocycles. The molecule has 0 fully saturated rings. The van der Waals surface area contributed by atoms with E-state index in [0.717, 1.165) is 36.0 Å². The van der Waals surface area contributed by atoms with Gasteiger partial charge in [-0.2, -0.15) is 11.8 Å². The minimum atomic E-state index is -0.0570. The molecule has 0 aromatic carbocycles. The number of hydrogen-bond donors (Lipinski definition) is 2. The van der Waals surface area contributed by atoms with Crippen LogP contribution in [0.15, 0.2) is 10.9 Å². The normalized spacial score (nSPS) is 11.1. The monoisotopic (exact) mass is 269 g/mol. The Balaban J connectivity index is 2.54. The molecule has 1 aromatic rings. The first kappa shape index (κ1) is 15.2. The third kappa shape index (κ3) is 6.21. The lowest BCUT2D eigenvalue weighted by Crippen LogP contribution is -2.22. The van der Waals surface area contributed by atoms with Crippen LogP contribution >= 0.6 is 11.8 Å². The van der Waals surface area contributed by atoms with Crippen LogP contribution in [-0.4, -0.2) is 22.3 Å². The van der Waals surface area contributed by atoms with Crippen LogP contribution in [0.5, 0.6) is 0 Å². The van der Waals surface area contributed by atoms with Crippen LogP contribution in [-0.2, 0) is 12.3 Å². The Kier molecular flexibility index (Phi) is 7.05. The number of nitrogens with zero attached hydrogens (tertiary/aromatic N) is 1. The summed E-state index contributed by atoms with van der Waals surface area (Å²) in [6, 6.07) is 1.57. The van der Waals surface area contributed by atoms with Crippen molar-refractivity contribution in [3.63, 3.8) is 0 Å². The second-order valence-electron chi connectivity index (χ2n) is 4.76. The van der Waals surface area contributed by atoms with Crippen molar-refractivity contribution in [2.45, 2.75) is 39.5 Å². The van der Waals surface area contributed by atoms with E-state index in [0.29, 0.717) is 12.5 Å². The molecule has 0 aliphatic rings. The number of aromatic amines is 1. The summed E-state index contributed by atoms with van der Waals surface area (Å²) in [6.07, 6.45) is 1.14. The Morgan fingerprint density at radius 2 is 2.28 bits per heavy atom. The molecular formula is C13H23N3OS. The molecule has 102 valence electrons. The molecule has 0 aliphatic heterocycles. The second kappa shape index (κ2) is 8.32. The van der Waals surface area contributed by atoms with Crippen molar-refractivity contribution in [3.05, 3.63) is 27.9 Å². The van der Waals surface area contributed by atoms with E-state index in [1.54, 1.807) is 17.8 Å². The van der Waals surface area contributed by atoms with Gasteiger partial charge in [-0.05, 0) is 24.6 Å². The molecule has 0 aliphatic carbocycles. The highest BCUT2D eigenvalue weighted by Gasteiger charge is 2.02. The van der Waals surface area contributed by atoms with Gasteiger partial charge in [0.25, 0.3) is 5.56 Å². The van der Waals surface area contributed by atoms with E-state index in [1.807, 2.05) is 0 Å². The summed E-state index contributed by atoms with van der Waals surface area (Å²) in [6.45, 7) is 8.06. The molecule has 0 radical (unpaired) electrons. The highest BCUT2D eigenvalue weighted by atomic mass is 32.2. The summed E-state index contributed by atoms with van der Waals surface area (Å²) in [4.78, 5) is 18.8. The zero-order valence-corrected chi connectivity index (χ0v) is 12.3. The van der Waals surface area contributed by atoms with Gasteiger partial charge in [-0.1, -0.05) is 20.8 Å². The first-order chi connectivity index (χ1) is 8.61. The highest BCUT2D eigenvalue weighted by Crippen LogP contribution is 2.08. The minimum absolute atomic E-state index is 0.0570. The van der Waals surface area contributed by atoms with E-state index in [1.165, 1.54) is 0 Å². The standard InChI is InChI=1S/C13H23N3OS/c1-4-5-18-9-12-15-11(6-13(17)16-12)8-14-7-10(2)3/h6,10,14H,4-5,7-9H2,1-3H3,(H,15,16,17). The van der Waals surface area contributed by atoms with Gasteiger partial charge >= 0.3 is 0 Å². The molecule has 0 amide bonds. The maximum Gasteiger partial charge on any atom is 0.251 e. The van der Waals surface area contributed by atoms with Gasteiger partial charge < -0.3 is 10.3 Å². The van der Waals surface area contributed by atoms with Gasteiger partial charge in [0.2, 0.25) is 0 Å². The van der Waals surface area contributed by atoms with Crippen molar-refractivity contribution in [1.29, 1.82) is 0 Å². The molecule has 1 heterocycles. The maximum absolute atomic E-state index is 11.5. The van der Waals surface area contributed by atoms with E-state index < -0.39 is 0 Å². The van der Waals surface area contributed by atoms with Gasteiger partial charge in [-0.25, -0.2) is 4.98 Å². The van der Waals surface area contributed by atoms with E-state index in [4.69, 9.17) is 0 Å². The number of rotatable bonds is 8. The molecule has 2 N–H and O–H groups in total. The van der Waals surface area contributed by atoms with Gasteiger partial charge in [0.1, 0.15) is 5.82 Å². The smallest absolute Gasteiger partial charge is 0.251 e. The largest absolute Gasteiger partial charge is 0.311 e. The average molecular weight is 269 g/mol. The van der Waals surface area contributed by atoms with Crippen molar-refractivity contribution >= 4 is 11.8 Å². The summed E-state index contributed by atoms with van der Waals surface area (Å²) in [7, 11) is 0. The fraction of sp³-hybridized carbons (Fsp3) is 0.692. The zero-order valence-electron chi connectivity index (χ0n) is 11.5. The van der Waals surface area contributed by atoms with Gasteiger partial charge in [-0.15, -0.1) is 0 Å². The maximum atomic E-state index is 11.5. The Morgan fingerprint density at radius 1 is 1.50 bits per heavy atom. The number of H-pyrrole nitrogens is 1. The molecule has 0 saturated heterocycles. The molecule has 0 unspecified atom stereocenters. The zero-order chi connectivity index (χ0) is 13.4. The average Bonchev–Trinajstić information content (AvgIpc) is 2.28. The SMILES string of the molecule is CCCSCc1nc(CNCC(C)C)cc(=O)[nH]1. The van der Waals surface area contributed by atoms with Gasteiger partial charge in [0, 0.05) is 12.6 Å². The fourth-order valence-electron chi connectivity index (χ4n) is 1.52. The predicted octanol–water partition coefficient (Wildman–Crippen LogP) is 2.16. The molecule has 0 bridgehead atoms. The van der Waals surface area contributed by atoms with Crippen LogP contribution in [0.25, 0.3) is 0 Å². The van der Waals surface area contributed by atoms with Crippen LogP contribution in [0, 0.1) is 5.92 Å². The van der Waals surface area contributed by atoms with Gasteiger partial charge in [-0.3, -0.25) is 4.79 Å². The third-order valence-corrected chi connectivity index (χ3v) is 3.46. The van der Waals surface area contributed by atoms with Crippen LogP contribution < -0.4 is 10.9 Å². The first-order valence-electron chi connectivity index (χ1n) is 6.49. The first-order valence-corrected chi connectivity index (χ1v) is 7.65. The van der Waals surface area contributed by atoms with E-state index in [-0.39, 0.29) is 5.56 Å². The summed E-state index contributed by atoms with van der Waals surface area (Å²) >= 11 is 1.80. The molecule has 5 heteroatoms. The molecule has 4 nitrogen and oxygen atoms in total. The third-order valence-electron chi connectivity index (χ3n) is 2.29. The summed E-state index contributed by atoms with van der Waals surface area (Å²) in [5.74, 6) is 3.26. The Morgan fingerprint density at radius 3 is 2.94 bits per heavy atom. The number of hydrogen-bond acceptors (Lipinski definition) is 4. The summed E-state index contributed by atoms with van der Waals surface area (Å²) < 4.78 is 0. The molecule has 18 heavy (non-hydrogen) atoms. The quantitative estimate of drug-likeness (QED) is 0.710. The minimum Gasteiger partial charge on any atom is -0.311 e. The lowest BCUT2D eigenvalue weighted by Gasteiger charge is -2.07. The fourth-order valence-corrected chi connectivity index (χ4v) is 2.29. The van der Waals surface area contributed by atoms with Gasteiger partial charge in [0.15, 0.2) is 0 Å². The molecule has 0 atom stereocenters. The van der Waals surface area contributed by atoms with Crippen LogP contribution in [0.2, 0.25) is 0 Å². The Labute approximate surface area is 113 Å². The van der Waals surface area contributed by atoms with Crippen molar-refractivity contribution in [1.82, 2.24) is 15.3 Å². The van der Waals surface area contributed by atoms with Crippen molar-refractivity contribution < 1.29 is 0 Å². The number of thioether (sulfide) groups is 1. The van der Waals surface area contributed by atoms with Crippen molar-refractivity contribution in [2.75, 3.05) is 12.3 Å².